The highest BCUT2D eigenvalue weighted by atomic mass is 32.2. The van der Waals surface area contributed by atoms with Gasteiger partial charge < -0.3 is 10.2 Å². The average Bonchev–Trinajstić information content (AvgIpc) is 3.09. The molecule has 1 aliphatic carbocycles. The molecule has 4 nitrogen and oxygen atoms in total. The van der Waals surface area contributed by atoms with E-state index in [-0.39, 0.29) is 22.8 Å². The first-order valence-electron chi connectivity index (χ1n) is 9.60. The molecule has 0 unspecified atom stereocenters. The van der Waals surface area contributed by atoms with Crippen molar-refractivity contribution in [3.63, 3.8) is 0 Å². The molecule has 1 aromatic rings. The Morgan fingerprint density at radius 1 is 1.15 bits per heavy atom. The van der Waals surface area contributed by atoms with E-state index in [0.717, 1.165) is 43.4 Å². The maximum absolute atomic E-state index is 13.7. The fourth-order valence-corrected chi connectivity index (χ4v) is 6.73. The van der Waals surface area contributed by atoms with Crippen LogP contribution in [0.2, 0.25) is 0 Å². The molecule has 4 aliphatic rings. The van der Waals surface area contributed by atoms with Gasteiger partial charge in [-0.1, -0.05) is 75.3 Å². The molecule has 140 valence electrons. The van der Waals surface area contributed by atoms with E-state index in [1.54, 1.807) is 0 Å². The van der Waals surface area contributed by atoms with Gasteiger partial charge in [0.05, 0.1) is 16.2 Å². The summed E-state index contributed by atoms with van der Waals surface area (Å²) in [6.07, 6.45) is 6.60. The molecule has 0 radical (unpaired) electrons. The Morgan fingerprint density at radius 2 is 1.89 bits per heavy atom. The third-order valence-corrected chi connectivity index (χ3v) is 7.78. The zero-order valence-corrected chi connectivity index (χ0v) is 17.2. The molecule has 3 heterocycles. The number of carbonyl (C=O) groups is 2. The molecule has 5 rings (SSSR count). The first-order chi connectivity index (χ1) is 12.8. The Hall–Kier alpha value is -1.66. The summed E-state index contributed by atoms with van der Waals surface area (Å²) >= 11 is 6.38. The standard InChI is InChI=1S/C21H22N2O2S2/c1-20(2)11-21(9-4-3-5-10-21)23-15-12(7-6-8-13(15)20)14(18(23)25)16-17(24)22-19(26)27-16/h6-8H,3-5,9-11H2,1-2H3,(H,22,24,26)/b16-14-. The number of thioether (sulfide) groups is 1. The summed E-state index contributed by atoms with van der Waals surface area (Å²) in [6, 6.07) is 6.16. The normalized spacial score (nSPS) is 27.9. The van der Waals surface area contributed by atoms with Crippen molar-refractivity contribution in [1.82, 2.24) is 5.32 Å². The van der Waals surface area contributed by atoms with Crippen molar-refractivity contribution in [3.8, 4) is 0 Å². The van der Waals surface area contributed by atoms with Crippen LogP contribution >= 0.6 is 24.0 Å². The molecule has 0 bridgehead atoms. The van der Waals surface area contributed by atoms with E-state index in [9.17, 15) is 9.59 Å². The smallest absolute Gasteiger partial charge is 0.264 e. The lowest BCUT2D eigenvalue weighted by Crippen LogP contribution is -2.57. The van der Waals surface area contributed by atoms with Gasteiger partial charge in [-0.05, 0) is 30.2 Å². The minimum Gasteiger partial charge on any atom is -0.307 e. The van der Waals surface area contributed by atoms with Crippen LogP contribution in [0, 0.1) is 0 Å². The molecule has 2 amide bonds. The number of benzene rings is 1. The van der Waals surface area contributed by atoms with Gasteiger partial charge in [-0.25, -0.2) is 0 Å². The number of rotatable bonds is 0. The average molecular weight is 399 g/mol. The first kappa shape index (κ1) is 17.4. The number of anilines is 1. The quantitative estimate of drug-likeness (QED) is 0.524. The SMILES string of the molecule is CC1(C)CC2(CCCCC2)N2C(=O)/C(=C3\SC(=S)NC3=O)c3cccc1c32. The number of thiocarbonyl (C=S) groups is 1. The molecule has 1 saturated carbocycles. The Balaban J connectivity index is 1.79. The van der Waals surface area contributed by atoms with Crippen LogP contribution in [0.3, 0.4) is 0 Å². The Morgan fingerprint density at radius 3 is 2.56 bits per heavy atom. The molecule has 0 atom stereocenters. The Labute approximate surface area is 168 Å². The summed E-state index contributed by atoms with van der Waals surface area (Å²) in [5.74, 6) is -0.264. The monoisotopic (exact) mass is 398 g/mol. The maximum Gasteiger partial charge on any atom is 0.264 e. The number of hydrogen-bond donors (Lipinski definition) is 1. The molecule has 1 saturated heterocycles. The van der Waals surface area contributed by atoms with Crippen LogP contribution in [-0.2, 0) is 15.0 Å². The lowest BCUT2D eigenvalue weighted by molar-refractivity contribution is -0.117. The van der Waals surface area contributed by atoms with E-state index >= 15 is 0 Å². The first-order valence-corrected chi connectivity index (χ1v) is 10.8. The zero-order chi connectivity index (χ0) is 19.0. The summed E-state index contributed by atoms with van der Waals surface area (Å²) in [7, 11) is 0. The Kier molecular flexibility index (Phi) is 3.66. The summed E-state index contributed by atoms with van der Waals surface area (Å²) in [4.78, 5) is 28.7. The van der Waals surface area contributed by atoms with Gasteiger partial charge in [-0.2, -0.15) is 0 Å². The molecule has 6 heteroatoms. The van der Waals surface area contributed by atoms with Gasteiger partial charge in [0.25, 0.3) is 11.8 Å². The fourth-order valence-electron chi connectivity index (χ4n) is 5.62. The molecule has 3 aliphatic heterocycles. The number of amides is 2. The van der Waals surface area contributed by atoms with E-state index < -0.39 is 0 Å². The lowest BCUT2D eigenvalue weighted by Gasteiger charge is -2.53. The van der Waals surface area contributed by atoms with Crippen molar-refractivity contribution >= 4 is 51.4 Å². The van der Waals surface area contributed by atoms with Crippen molar-refractivity contribution in [3.05, 3.63) is 34.2 Å². The van der Waals surface area contributed by atoms with Crippen molar-refractivity contribution in [2.45, 2.75) is 63.3 Å². The number of para-hydroxylation sites is 1. The molecule has 1 spiro atoms. The molecule has 1 N–H and O–H groups in total. The van der Waals surface area contributed by atoms with Crippen molar-refractivity contribution in [2.75, 3.05) is 4.90 Å². The van der Waals surface area contributed by atoms with Gasteiger partial charge in [0.15, 0.2) is 0 Å². The number of nitrogens with one attached hydrogen (secondary N) is 1. The minimum absolute atomic E-state index is 0.0000410. The van der Waals surface area contributed by atoms with Crippen LogP contribution in [-0.4, -0.2) is 21.7 Å². The summed E-state index contributed by atoms with van der Waals surface area (Å²) in [5, 5.41) is 2.67. The number of fused-ring (bicyclic) bond motifs is 1. The van der Waals surface area contributed by atoms with Gasteiger partial charge in [0, 0.05) is 11.1 Å². The van der Waals surface area contributed by atoms with Crippen LogP contribution in [0.25, 0.3) is 5.57 Å². The van der Waals surface area contributed by atoms with Gasteiger partial charge in [0.2, 0.25) is 0 Å². The highest BCUT2D eigenvalue weighted by Crippen LogP contribution is 2.58. The highest BCUT2D eigenvalue weighted by Gasteiger charge is 2.55. The molecular weight excluding hydrogens is 376 g/mol. The summed E-state index contributed by atoms with van der Waals surface area (Å²) < 4.78 is 0.425. The van der Waals surface area contributed by atoms with Crippen molar-refractivity contribution in [1.29, 1.82) is 0 Å². The Bertz CT molecular complexity index is 942. The summed E-state index contributed by atoms with van der Waals surface area (Å²) in [5.41, 5.74) is 3.56. The van der Waals surface area contributed by atoms with Gasteiger partial charge in [-0.15, -0.1) is 0 Å². The molecule has 1 aromatic carbocycles. The third kappa shape index (κ3) is 2.32. The predicted molar refractivity (Wildman–Crippen MR) is 113 cm³/mol. The molecule has 2 fully saturated rings. The summed E-state index contributed by atoms with van der Waals surface area (Å²) in [6.45, 7) is 4.58. The second-order valence-corrected chi connectivity index (χ2v) is 10.4. The van der Waals surface area contributed by atoms with Crippen LogP contribution in [0.5, 0.6) is 0 Å². The van der Waals surface area contributed by atoms with Gasteiger partial charge >= 0.3 is 0 Å². The molecule has 27 heavy (non-hydrogen) atoms. The van der Waals surface area contributed by atoms with Crippen LogP contribution in [0.1, 0.15) is 63.5 Å². The van der Waals surface area contributed by atoms with E-state index in [4.69, 9.17) is 12.2 Å². The van der Waals surface area contributed by atoms with E-state index in [1.165, 1.54) is 23.7 Å². The minimum atomic E-state index is -0.247. The zero-order valence-electron chi connectivity index (χ0n) is 15.6. The lowest BCUT2D eigenvalue weighted by atomic mass is 9.64. The van der Waals surface area contributed by atoms with E-state index in [1.807, 2.05) is 12.1 Å². The van der Waals surface area contributed by atoms with Crippen molar-refractivity contribution < 1.29 is 9.59 Å². The third-order valence-electron chi connectivity index (χ3n) is 6.55. The highest BCUT2D eigenvalue weighted by molar-refractivity contribution is 8.27. The van der Waals surface area contributed by atoms with Crippen molar-refractivity contribution in [2.24, 2.45) is 0 Å². The number of nitrogens with zero attached hydrogens (tertiary/aromatic N) is 1. The van der Waals surface area contributed by atoms with E-state index in [0.29, 0.717) is 14.8 Å². The van der Waals surface area contributed by atoms with Gasteiger partial charge in [-0.3, -0.25) is 9.59 Å². The van der Waals surface area contributed by atoms with Crippen LogP contribution < -0.4 is 10.2 Å². The van der Waals surface area contributed by atoms with Crippen LogP contribution in [0.15, 0.2) is 23.1 Å². The van der Waals surface area contributed by atoms with Crippen LogP contribution in [0.4, 0.5) is 5.69 Å². The van der Waals surface area contributed by atoms with Gasteiger partial charge in [0.1, 0.15) is 4.32 Å². The largest absolute Gasteiger partial charge is 0.307 e. The number of hydrogen-bond acceptors (Lipinski definition) is 4. The maximum atomic E-state index is 13.7. The predicted octanol–water partition coefficient (Wildman–Crippen LogP) is 4.28. The topological polar surface area (TPSA) is 49.4 Å². The molecule has 0 aromatic heterocycles. The fraction of sp³-hybridized carbons (Fsp3) is 0.476. The molecular formula is C21H22N2O2S2. The number of carbonyl (C=O) groups excluding carboxylic acids is 2. The van der Waals surface area contributed by atoms with E-state index in [2.05, 4.69) is 30.1 Å². The second-order valence-electron chi connectivity index (χ2n) is 8.74. The second kappa shape index (κ2) is 5.67.